The molecule has 17 heteroatoms. The molecule has 3 saturated heterocycles. The van der Waals surface area contributed by atoms with Crippen LogP contribution in [-0.2, 0) is 51.7 Å². The van der Waals surface area contributed by atoms with Gasteiger partial charge in [0, 0.05) is 43.2 Å². The number of piperidine rings is 1. The smallest absolute Gasteiger partial charge is 0.289 e. The van der Waals surface area contributed by atoms with E-state index in [0.717, 1.165) is 56.2 Å². The fourth-order valence-corrected chi connectivity index (χ4v) is 8.85. The first-order valence-electron chi connectivity index (χ1n) is 20.8. The van der Waals surface area contributed by atoms with E-state index in [1.54, 1.807) is 29.2 Å². The number of halogens is 1. The number of ketones is 1. The minimum Gasteiger partial charge on any atom is -0.378 e. The molecule has 4 aliphatic rings. The Hall–Kier alpha value is -3.93. The van der Waals surface area contributed by atoms with Crippen molar-refractivity contribution in [1.29, 1.82) is 0 Å². The predicted octanol–water partition coefficient (Wildman–Crippen LogP) is 2.21. The highest BCUT2D eigenvalue weighted by atomic mass is 35.5. The van der Waals surface area contributed by atoms with Gasteiger partial charge in [0.1, 0.15) is 12.1 Å². The van der Waals surface area contributed by atoms with Crippen LogP contribution in [0.3, 0.4) is 0 Å². The highest BCUT2D eigenvalue weighted by Gasteiger charge is 2.44. The average molecular weight is 857 g/mol. The van der Waals surface area contributed by atoms with Crippen LogP contribution in [0.5, 0.6) is 0 Å². The molecule has 1 aliphatic carbocycles. The van der Waals surface area contributed by atoms with Gasteiger partial charge in [-0.15, -0.1) is 0 Å². The highest BCUT2D eigenvalue weighted by molar-refractivity contribution is 7.88. The molecule has 2 aromatic rings. The third-order valence-corrected chi connectivity index (χ3v) is 12.5. The number of carbonyl (C=O) groups excluding carboxylic acids is 5. The lowest BCUT2D eigenvalue weighted by Gasteiger charge is -2.30. The van der Waals surface area contributed by atoms with E-state index in [0.29, 0.717) is 55.6 Å². The number of nitrogens with zero attached hydrogens (tertiary/aromatic N) is 2. The number of rotatable bonds is 19. The number of hydrogen-bond donors (Lipinski definition) is 4. The summed E-state index contributed by atoms with van der Waals surface area (Å²) in [7, 11) is -3.79. The minimum absolute atomic E-state index is 0.0316. The molecule has 0 unspecified atom stereocenters. The van der Waals surface area contributed by atoms with Gasteiger partial charge in [0.2, 0.25) is 27.6 Å². The summed E-state index contributed by atoms with van der Waals surface area (Å²) in [6, 6.07) is 11.0. The van der Waals surface area contributed by atoms with E-state index in [4.69, 9.17) is 21.1 Å². The standard InChI is InChI=1S/C42H57ClN6O9S/c1-59(55,56)47-35(13-8-29-14-17-44-18-15-29)42(54)49-26-34(58-27-31-6-11-33(43)12-7-31)25-37(49)39(51)46-36(24-30-2-3-30)38(50)40(52)45-19-16-28-4-9-32(10-5-28)41(53)48-20-22-57-23-21-48/h4-7,9-12,29-30,34-37,44,47H,2-3,8,13-27H2,1H3,(H,45,52)(H,46,51)/t34-,35-,36+,37+/m1/s1. The third-order valence-electron chi connectivity index (χ3n) is 11.5. The molecular formula is C42H57ClN6O9S. The number of Topliss-reactive ketones (excluding diaryl/α,β-unsaturated/α-hetero) is 1. The molecule has 1 saturated carbocycles. The number of sulfonamides is 1. The summed E-state index contributed by atoms with van der Waals surface area (Å²) in [4.78, 5) is 71.4. The van der Waals surface area contributed by atoms with Crippen LogP contribution in [-0.4, -0.2) is 131 Å². The molecule has 4 N–H and O–H groups in total. The number of benzene rings is 2. The summed E-state index contributed by atoms with van der Waals surface area (Å²) in [6.07, 6.45) is 5.73. The van der Waals surface area contributed by atoms with E-state index >= 15 is 0 Å². The molecule has 15 nitrogen and oxygen atoms in total. The second-order valence-corrected chi connectivity index (χ2v) is 18.4. The predicted molar refractivity (Wildman–Crippen MR) is 221 cm³/mol. The molecule has 322 valence electrons. The molecule has 6 rings (SSSR count). The van der Waals surface area contributed by atoms with E-state index < -0.39 is 57.8 Å². The Morgan fingerprint density at radius 1 is 0.915 bits per heavy atom. The average Bonchev–Trinajstić information content (AvgIpc) is 3.96. The molecular weight excluding hydrogens is 800 g/mol. The summed E-state index contributed by atoms with van der Waals surface area (Å²) in [6.45, 7) is 4.21. The van der Waals surface area contributed by atoms with Gasteiger partial charge in [-0.2, -0.15) is 0 Å². The topological polar surface area (TPSA) is 193 Å². The molecule has 0 spiro atoms. The molecule has 4 amide bonds. The fraction of sp³-hybridized carbons (Fsp3) is 0.595. The van der Waals surface area contributed by atoms with Crippen LogP contribution >= 0.6 is 11.6 Å². The van der Waals surface area contributed by atoms with Crippen LogP contribution in [0.15, 0.2) is 48.5 Å². The lowest BCUT2D eigenvalue weighted by molar-refractivity contribution is -0.143. The fourth-order valence-electron chi connectivity index (χ4n) is 7.98. The quantitative estimate of drug-likeness (QED) is 0.152. The van der Waals surface area contributed by atoms with E-state index in [-0.39, 0.29) is 50.8 Å². The Kier molecular flexibility index (Phi) is 15.9. The lowest BCUT2D eigenvalue weighted by Crippen LogP contribution is -2.56. The second-order valence-electron chi connectivity index (χ2n) is 16.2. The number of carbonyl (C=O) groups is 5. The molecule has 0 aromatic heterocycles. The van der Waals surface area contributed by atoms with Crippen molar-refractivity contribution in [3.8, 4) is 0 Å². The number of morpholine rings is 1. The molecule has 3 aliphatic heterocycles. The number of amides is 4. The van der Waals surface area contributed by atoms with E-state index in [1.807, 2.05) is 24.3 Å². The van der Waals surface area contributed by atoms with Crippen LogP contribution in [0, 0.1) is 11.8 Å². The van der Waals surface area contributed by atoms with Crippen LogP contribution in [0.4, 0.5) is 0 Å². The Bertz CT molecular complexity index is 1880. The maximum absolute atomic E-state index is 14.3. The Balaban J connectivity index is 1.10. The molecule has 0 bridgehead atoms. The zero-order valence-electron chi connectivity index (χ0n) is 33.7. The Morgan fingerprint density at radius 3 is 2.25 bits per heavy atom. The largest absolute Gasteiger partial charge is 0.378 e. The van der Waals surface area contributed by atoms with Gasteiger partial charge in [0.15, 0.2) is 0 Å². The van der Waals surface area contributed by atoms with Gasteiger partial charge >= 0.3 is 0 Å². The van der Waals surface area contributed by atoms with Gasteiger partial charge in [0.05, 0.1) is 38.2 Å². The molecule has 3 heterocycles. The van der Waals surface area contributed by atoms with Crippen LogP contribution in [0.1, 0.15) is 72.9 Å². The summed E-state index contributed by atoms with van der Waals surface area (Å²) in [5.41, 5.74) is 2.28. The van der Waals surface area contributed by atoms with Crippen LogP contribution in [0.25, 0.3) is 0 Å². The van der Waals surface area contributed by atoms with Crippen molar-refractivity contribution in [2.24, 2.45) is 11.8 Å². The highest BCUT2D eigenvalue weighted by Crippen LogP contribution is 2.34. The van der Waals surface area contributed by atoms with E-state index in [9.17, 15) is 32.4 Å². The van der Waals surface area contributed by atoms with E-state index in [2.05, 4.69) is 20.7 Å². The zero-order valence-corrected chi connectivity index (χ0v) is 35.2. The molecule has 4 fully saturated rings. The maximum atomic E-state index is 14.3. The van der Waals surface area contributed by atoms with Gasteiger partial charge in [-0.05, 0) is 98.8 Å². The number of ether oxygens (including phenoxy) is 2. The van der Waals surface area contributed by atoms with Gasteiger partial charge in [-0.3, -0.25) is 24.0 Å². The Labute approximate surface area is 351 Å². The first kappa shape index (κ1) is 44.6. The number of nitrogens with one attached hydrogen (secondary N) is 4. The molecule has 2 aromatic carbocycles. The normalized spacial score (nSPS) is 21.1. The Morgan fingerprint density at radius 2 is 1.59 bits per heavy atom. The van der Waals surface area contributed by atoms with E-state index in [1.165, 1.54) is 4.90 Å². The monoisotopic (exact) mass is 856 g/mol. The summed E-state index contributed by atoms with van der Waals surface area (Å²) < 4.78 is 39.1. The molecule has 4 atom stereocenters. The summed E-state index contributed by atoms with van der Waals surface area (Å²) >= 11 is 6.06. The van der Waals surface area contributed by atoms with Crippen molar-refractivity contribution in [2.75, 3.05) is 58.7 Å². The van der Waals surface area contributed by atoms with Gasteiger partial charge in [-0.25, -0.2) is 13.1 Å². The van der Waals surface area contributed by atoms with Gasteiger partial charge in [-0.1, -0.05) is 48.7 Å². The van der Waals surface area contributed by atoms with Crippen molar-refractivity contribution in [1.82, 2.24) is 30.5 Å². The first-order valence-corrected chi connectivity index (χ1v) is 23.0. The molecule has 0 radical (unpaired) electrons. The maximum Gasteiger partial charge on any atom is 0.289 e. The SMILES string of the molecule is CS(=O)(=O)N[C@H](CCC1CCNCC1)C(=O)N1C[C@H](OCc2ccc(Cl)cc2)C[C@H]1C(=O)N[C@@H](CC1CC1)C(=O)C(=O)NCCc1ccc(C(=O)N2CCOCC2)cc1. The van der Waals surface area contributed by atoms with Crippen LogP contribution in [0.2, 0.25) is 5.02 Å². The second kappa shape index (κ2) is 21.0. The zero-order chi connectivity index (χ0) is 41.9. The van der Waals surface area contributed by atoms with Crippen molar-refractivity contribution in [3.63, 3.8) is 0 Å². The molecule has 59 heavy (non-hydrogen) atoms. The number of hydrogen-bond acceptors (Lipinski definition) is 10. The van der Waals surface area contributed by atoms with Crippen molar-refractivity contribution in [2.45, 2.75) is 88.6 Å². The van der Waals surface area contributed by atoms with Crippen molar-refractivity contribution >= 4 is 51.0 Å². The van der Waals surface area contributed by atoms with Gasteiger partial charge in [0.25, 0.3) is 11.8 Å². The summed E-state index contributed by atoms with van der Waals surface area (Å²) in [5, 5.41) is 9.40. The first-order chi connectivity index (χ1) is 28.3. The number of likely N-dealkylation sites (tertiary alicyclic amines) is 1. The van der Waals surface area contributed by atoms with Crippen LogP contribution < -0.4 is 20.7 Å². The minimum atomic E-state index is -3.79. The summed E-state index contributed by atoms with van der Waals surface area (Å²) in [5.74, 6) is -2.31. The third kappa shape index (κ3) is 13.5. The van der Waals surface area contributed by atoms with Crippen molar-refractivity contribution in [3.05, 3.63) is 70.2 Å². The van der Waals surface area contributed by atoms with Crippen molar-refractivity contribution < 1.29 is 41.9 Å². The lowest BCUT2D eigenvalue weighted by atomic mass is 9.91. The van der Waals surface area contributed by atoms with Gasteiger partial charge < -0.3 is 35.2 Å².